The highest BCUT2D eigenvalue weighted by Gasteiger charge is 2.02. The molecule has 0 aromatic carbocycles. The van der Waals surface area contributed by atoms with E-state index in [0.29, 0.717) is 18.1 Å². The third-order valence-electron chi connectivity index (χ3n) is 1.87. The third kappa shape index (κ3) is 2.72. The van der Waals surface area contributed by atoms with Gasteiger partial charge >= 0.3 is 0 Å². The second kappa shape index (κ2) is 4.97. The first kappa shape index (κ1) is 10.9. The van der Waals surface area contributed by atoms with Crippen molar-refractivity contribution in [2.45, 2.75) is 6.61 Å². The molecule has 5 heteroatoms. The average Bonchev–Trinajstić information content (AvgIpc) is 2.78. The molecule has 0 unspecified atom stereocenters. The van der Waals surface area contributed by atoms with E-state index in [4.69, 9.17) is 21.6 Å². The van der Waals surface area contributed by atoms with Gasteiger partial charge in [-0.1, -0.05) is 11.6 Å². The Morgan fingerprint density at radius 2 is 2.38 bits per heavy atom. The highest BCUT2D eigenvalue weighted by atomic mass is 35.5. The number of pyridine rings is 1. The van der Waals surface area contributed by atoms with Crippen LogP contribution in [-0.4, -0.2) is 4.98 Å². The number of thiophene rings is 1. The minimum Gasteiger partial charge on any atom is -0.473 e. The minimum absolute atomic E-state index is 0.263. The molecule has 2 aromatic rings. The maximum Gasteiger partial charge on any atom is 0.216 e. The molecule has 2 rings (SSSR count). The fraction of sp³-hybridized carbons (Fsp3) is 0.0909. The largest absolute Gasteiger partial charge is 0.473 e. The lowest BCUT2D eigenvalue weighted by Crippen LogP contribution is -1.96. The van der Waals surface area contributed by atoms with Crippen LogP contribution in [0, 0.1) is 11.3 Å². The summed E-state index contributed by atoms with van der Waals surface area (Å²) in [5, 5.41) is 13.0. The molecule has 0 spiro atoms. The molecule has 0 saturated carbocycles. The summed E-state index contributed by atoms with van der Waals surface area (Å²) in [6.45, 7) is 0.432. The van der Waals surface area contributed by atoms with E-state index in [9.17, 15) is 0 Å². The van der Waals surface area contributed by atoms with Crippen LogP contribution < -0.4 is 4.74 Å². The second-order valence-electron chi connectivity index (χ2n) is 3.05. The zero-order valence-corrected chi connectivity index (χ0v) is 9.76. The van der Waals surface area contributed by atoms with E-state index in [-0.39, 0.29) is 5.15 Å². The number of hydrogen-bond donors (Lipinski definition) is 0. The third-order valence-corrected chi connectivity index (χ3v) is 2.79. The van der Waals surface area contributed by atoms with Gasteiger partial charge in [-0.2, -0.15) is 16.6 Å². The highest BCUT2D eigenvalue weighted by molar-refractivity contribution is 7.07. The number of halogens is 1. The van der Waals surface area contributed by atoms with Gasteiger partial charge in [0.25, 0.3) is 0 Å². The Morgan fingerprint density at radius 3 is 3.06 bits per heavy atom. The maximum absolute atomic E-state index is 8.75. The molecule has 0 radical (unpaired) electrons. The molecule has 2 heterocycles. The summed E-state index contributed by atoms with van der Waals surface area (Å²) in [6.07, 6.45) is 0. The maximum atomic E-state index is 8.75. The molecule has 16 heavy (non-hydrogen) atoms. The van der Waals surface area contributed by atoms with Gasteiger partial charge in [-0.3, -0.25) is 0 Å². The van der Waals surface area contributed by atoms with Crippen LogP contribution in [0.25, 0.3) is 0 Å². The van der Waals surface area contributed by atoms with E-state index < -0.39 is 0 Å². The van der Waals surface area contributed by atoms with Crippen molar-refractivity contribution in [3.8, 4) is 11.9 Å². The van der Waals surface area contributed by atoms with Gasteiger partial charge in [0.1, 0.15) is 11.8 Å². The predicted octanol–water partition coefficient (Wildman–Crippen LogP) is 3.25. The summed E-state index contributed by atoms with van der Waals surface area (Å²) < 4.78 is 5.43. The molecule has 0 bridgehead atoms. The Kier molecular flexibility index (Phi) is 3.40. The number of hydrogen-bond acceptors (Lipinski definition) is 4. The van der Waals surface area contributed by atoms with Gasteiger partial charge < -0.3 is 4.74 Å². The van der Waals surface area contributed by atoms with Crippen molar-refractivity contribution < 1.29 is 4.74 Å². The topological polar surface area (TPSA) is 45.9 Å². The Labute approximate surface area is 102 Å². The lowest BCUT2D eigenvalue weighted by atomic mass is 10.3. The Hall–Kier alpha value is -1.57. The van der Waals surface area contributed by atoms with Gasteiger partial charge in [0.05, 0.1) is 11.6 Å². The number of rotatable bonds is 3. The number of aromatic nitrogens is 1. The Morgan fingerprint density at radius 1 is 1.50 bits per heavy atom. The fourth-order valence-electron chi connectivity index (χ4n) is 1.14. The molecule has 0 amide bonds. The van der Waals surface area contributed by atoms with Crippen LogP contribution in [0.3, 0.4) is 0 Å². The fourth-order valence-corrected chi connectivity index (χ4v) is 2.00. The summed E-state index contributed by atoms with van der Waals surface area (Å²) in [5.74, 6) is 0.371. The number of nitrogens with zero attached hydrogens (tertiary/aromatic N) is 2. The molecule has 0 aliphatic heterocycles. The molecule has 80 valence electrons. The van der Waals surface area contributed by atoms with Crippen LogP contribution in [0.15, 0.2) is 29.0 Å². The van der Waals surface area contributed by atoms with Gasteiger partial charge in [-0.25, -0.2) is 4.98 Å². The highest BCUT2D eigenvalue weighted by Crippen LogP contribution is 2.17. The van der Waals surface area contributed by atoms with Crippen LogP contribution >= 0.6 is 22.9 Å². The summed E-state index contributed by atoms with van der Waals surface area (Å²) in [5.41, 5.74) is 1.52. The van der Waals surface area contributed by atoms with E-state index in [2.05, 4.69) is 4.98 Å². The van der Waals surface area contributed by atoms with Crippen molar-refractivity contribution in [2.24, 2.45) is 0 Å². The van der Waals surface area contributed by atoms with Crippen LogP contribution in [0.1, 0.15) is 11.1 Å². The summed E-state index contributed by atoms with van der Waals surface area (Å²) in [7, 11) is 0. The van der Waals surface area contributed by atoms with Crippen molar-refractivity contribution in [1.29, 1.82) is 5.26 Å². The molecular weight excluding hydrogens is 244 g/mol. The molecule has 0 aliphatic carbocycles. The van der Waals surface area contributed by atoms with E-state index in [1.54, 1.807) is 17.4 Å². The first-order valence-electron chi connectivity index (χ1n) is 4.49. The molecule has 0 saturated heterocycles. The zero-order valence-electron chi connectivity index (χ0n) is 8.18. The first-order valence-corrected chi connectivity index (χ1v) is 5.81. The van der Waals surface area contributed by atoms with Gasteiger partial charge in [0, 0.05) is 11.6 Å². The second-order valence-corrected chi connectivity index (χ2v) is 4.22. The SMILES string of the molecule is N#Cc1cc(Cl)nc(OCc2ccsc2)c1. The standard InChI is InChI=1S/C11H7ClN2OS/c12-10-3-9(5-13)4-11(14-10)15-6-8-1-2-16-7-8/h1-4,7H,6H2. The molecule has 2 aromatic heterocycles. The minimum atomic E-state index is 0.263. The number of ether oxygens (including phenoxy) is 1. The predicted molar refractivity (Wildman–Crippen MR) is 62.6 cm³/mol. The monoisotopic (exact) mass is 250 g/mol. The van der Waals surface area contributed by atoms with Crippen LogP contribution in [0.4, 0.5) is 0 Å². The van der Waals surface area contributed by atoms with Gasteiger partial charge in [0.15, 0.2) is 0 Å². The van der Waals surface area contributed by atoms with Crippen molar-refractivity contribution in [3.63, 3.8) is 0 Å². The lowest BCUT2D eigenvalue weighted by molar-refractivity contribution is 0.294. The van der Waals surface area contributed by atoms with E-state index in [1.165, 1.54) is 6.07 Å². The van der Waals surface area contributed by atoms with Gasteiger partial charge in [-0.05, 0) is 22.9 Å². The normalized spacial score (nSPS) is 9.75. The quantitative estimate of drug-likeness (QED) is 0.786. The lowest BCUT2D eigenvalue weighted by Gasteiger charge is -2.04. The van der Waals surface area contributed by atoms with E-state index in [0.717, 1.165) is 5.56 Å². The molecule has 0 aliphatic rings. The Bertz CT molecular complexity index is 519. The van der Waals surface area contributed by atoms with Crippen LogP contribution in [0.5, 0.6) is 5.88 Å². The van der Waals surface area contributed by atoms with Gasteiger partial charge in [0.2, 0.25) is 5.88 Å². The average molecular weight is 251 g/mol. The number of nitriles is 1. The molecular formula is C11H7ClN2OS. The van der Waals surface area contributed by atoms with Crippen LogP contribution in [0.2, 0.25) is 5.15 Å². The smallest absolute Gasteiger partial charge is 0.216 e. The molecule has 0 fully saturated rings. The summed E-state index contributed by atoms with van der Waals surface area (Å²) in [4.78, 5) is 3.98. The first-order chi connectivity index (χ1) is 7.78. The van der Waals surface area contributed by atoms with Crippen molar-refractivity contribution >= 4 is 22.9 Å². The molecule has 3 nitrogen and oxygen atoms in total. The molecule has 0 N–H and O–H groups in total. The summed E-state index contributed by atoms with van der Waals surface area (Å²) >= 11 is 7.36. The Balaban J connectivity index is 2.10. The van der Waals surface area contributed by atoms with E-state index >= 15 is 0 Å². The van der Waals surface area contributed by atoms with Crippen LogP contribution in [-0.2, 0) is 6.61 Å². The van der Waals surface area contributed by atoms with E-state index in [1.807, 2.05) is 22.9 Å². The summed E-state index contributed by atoms with van der Waals surface area (Å²) in [6, 6.07) is 7.04. The zero-order chi connectivity index (χ0) is 11.4. The van der Waals surface area contributed by atoms with Crippen molar-refractivity contribution in [2.75, 3.05) is 0 Å². The van der Waals surface area contributed by atoms with Crippen molar-refractivity contribution in [1.82, 2.24) is 4.98 Å². The van der Waals surface area contributed by atoms with Crippen molar-refractivity contribution in [3.05, 3.63) is 45.2 Å². The molecule has 0 atom stereocenters. The van der Waals surface area contributed by atoms with Gasteiger partial charge in [-0.15, -0.1) is 0 Å².